The lowest BCUT2D eigenvalue weighted by atomic mass is 10.0. The van der Waals surface area contributed by atoms with Gasteiger partial charge in [-0.1, -0.05) is 12.1 Å². The Bertz CT molecular complexity index is 502. The molecule has 0 aliphatic carbocycles. The van der Waals surface area contributed by atoms with E-state index in [1.165, 1.54) is 0 Å². The first kappa shape index (κ1) is 14.2. The van der Waals surface area contributed by atoms with Gasteiger partial charge in [0.1, 0.15) is 12.3 Å². The van der Waals surface area contributed by atoms with Gasteiger partial charge < -0.3 is 20.1 Å². The molecule has 1 aromatic carbocycles. The van der Waals surface area contributed by atoms with Gasteiger partial charge in [0, 0.05) is 6.54 Å². The zero-order chi connectivity index (χ0) is 14.5. The van der Waals surface area contributed by atoms with Crippen LogP contribution in [0.4, 0.5) is 5.69 Å². The number of hydrogen-bond acceptors (Lipinski definition) is 4. The van der Waals surface area contributed by atoms with Crippen molar-refractivity contribution in [2.45, 2.75) is 12.8 Å². The van der Waals surface area contributed by atoms with Crippen molar-refractivity contribution in [3.05, 3.63) is 23.8 Å². The van der Waals surface area contributed by atoms with E-state index in [1.807, 2.05) is 23.1 Å². The number of methoxy groups -OCH3 is 1. The van der Waals surface area contributed by atoms with Crippen LogP contribution in [0, 0.1) is 0 Å². The van der Waals surface area contributed by atoms with Gasteiger partial charge >= 0.3 is 5.97 Å². The summed E-state index contributed by atoms with van der Waals surface area (Å²) in [6, 6.07) is 5.83. The number of carboxylic acids is 1. The summed E-state index contributed by atoms with van der Waals surface area (Å²) >= 11 is 0. The Hall–Kier alpha value is -2.24. The number of hydrogen-bond donors (Lipinski definition) is 2. The standard InChI is InChI=1S/C14H18N2O4/c1-20-11-6-2-4-10-5-3-7-16(14(10)11)9-12(17)15-8-13(18)19/h2,4,6H,3,5,7-9H2,1H3,(H,15,17)(H,18,19). The third-order valence-electron chi connectivity index (χ3n) is 3.26. The Morgan fingerprint density at radius 3 is 2.95 bits per heavy atom. The molecule has 2 rings (SSSR count). The van der Waals surface area contributed by atoms with Gasteiger partial charge in [0.15, 0.2) is 0 Å². The normalized spacial score (nSPS) is 13.6. The van der Waals surface area contributed by atoms with E-state index in [2.05, 4.69) is 5.32 Å². The minimum atomic E-state index is -1.05. The van der Waals surface area contributed by atoms with Gasteiger partial charge in [-0.3, -0.25) is 9.59 Å². The summed E-state index contributed by atoms with van der Waals surface area (Å²) in [5.41, 5.74) is 2.09. The van der Waals surface area contributed by atoms with Gasteiger partial charge in [-0.15, -0.1) is 0 Å². The predicted octanol–water partition coefficient (Wildman–Crippen LogP) is 0.649. The van der Waals surface area contributed by atoms with Gasteiger partial charge in [0.05, 0.1) is 19.3 Å². The third kappa shape index (κ3) is 3.20. The second-order valence-corrected chi connectivity index (χ2v) is 4.66. The molecule has 1 heterocycles. The van der Waals surface area contributed by atoms with Crippen LogP contribution in [0.1, 0.15) is 12.0 Å². The van der Waals surface area contributed by atoms with Crippen molar-refractivity contribution in [3.63, 3.8) is 0 Å². The van der Waals surface area contributed by atoms with Crippen molar-refractivity contribution in [2.75, 3.05) is 31.6 Å². The fourth-order valence-electron chi connectivity index (χ4n) is 2.43. The number of aliphatic carboxylic acids is 1. The molecule has 1 amide bonds. The van der Waals surface area contributed by atoms with E-state index in [9.17, 15) is 9.59 Å². The quantitative estimate of drug-likeness (QED) is 0.826. The molecule has 0 spiro atoms. The number of anilines is 1. The summed E-state index contributed by atoms with van der Waals surface area (Å²) in [6.07, 6.45) is 1.92. The van der Waals surface area contributed by atoms with E-state index >= 15 is 0 Å². The number of benzene rings is 1. The van der Waals surface area contributed by atoms with Crippen molar-refractivity contribution in [1.29, 1.82) is 0 Å². The van der Waals surface area contributed by atoms with Crippen LogP contribution >= 0.6 is 0 Å². The summed E-state index contributed by atoms with van der Waals surface area (Å²) < 4.78 is 5.36. The van der Waals surface area contributed by atoms with Gasteiger partial charge in [-0.25, -0.2) is 0 Å². The second kappa shape index (κ2) is 6.27. The number of amides is 1. The number of carbonyl (C=O) groups is 2. The number of rotatable bonds is 5. The van der Waals surface area contributed by atoms with E-state index in [1.54, 1.807) is 7.11 Å². The third-order valence-corrected chi connectivity index (χ3v) is 3.26. The second-order valence-electron chi connectivity index (χ2n) is 4.66. The molecule has 0 atom stereocenters. The van der Waals surface area contributed by atoms with Crippen LogP contribution in [0.3, 0.4) is 0 Å². The van der Waals surface area contributed by atoms with Crippen LogP contribution in [0.25, 0.3) is 0 Å². The van der Waals surface area contributed by atoms with E-state index in [4.69, 9.17) is 9.84 Å². The van der Waals surface area contributed by atoms with Crippen LogP contribution in [0.2, 0.25) is 0 Å². The van der Waals surface area contributed by atoms with Crippen molar-refractivity contribution in [3.8, 4) is 5.75 Å². The first-order chi connectivity index (χ1) is 9.61. The van der Waals surface area contributed by atoms with Gasteiger partial charge in [0.25, 0.3) is 0 Å². The predicted molar refractivity (Wildman–Crippen MR) is 74.2 cm³/mol. The van der Waals surface area contributed by atoms with E-state index in [0.717, 1.165) is 36.4 Å². The van der Waals surface area contributed by atoms with Crippen molar-refractivity contribution < 1.29 is 19.4 Å². The largest absolute Gasteiger partial charge is 0.495 e. The number of carbonyl (C=O) groups excluding carboxylic acids is 1. The van der Waals surface area contributed by atoms with Crippen LogP contribution in [0.15, 0.2) is 18.2 Å². The number of aryl methyl sites for hydroxylation is 1. The lowest BCUT2D eigenvalue weighted by Gasteiger charge is -2.32. The number of para-hydroxylation sites is 1. The molecule has 0 radical (unpaired) electrons. The summed E-state index contributed by atoms with van der Waals surface area (Å²) in [5.74, 6) is -0.602. The number of ether oxygens (including phenoxy) is 1. The number of fused-ring (bicyclic) bond motifs is 1. The highest BCUT2D eigenvalue weighted by Gasteiger charge is 2.22. The first-order valence-corrected chi connectivity index (χ1v) is 6.51. The molecule has 2 N–H and O–H groups in total. The molecule has 6 nitrogen and oxygen atoms in total. The Balaban J connectivity index is 2.12. The minimum Gasteiger partial charge on any atom is -0.495 e. The summed E-state index contributed by atoms with van der Waals surface area (Å²) in [5, 5.41) is 10.9. The molecule has 6 heteroatoms. The highest BCUT2D eigenvalue weighted by molar-refractivity contribution is 5.85. The Labute approximate surface area is 117 Å². The Kier molecular flexibility index (Phi) is 4.45. The van der Waals surface area contributed by atoms with Crippen molar-refractivity contribution in [1.82, 2.24) is 5.32 Å². The molecule has 1 aromatic rings. The number of nitrogens with one attached hydrogen (secondary N) is 1. The van der Waals surface area contributed by atoms with E-state index in [-0.39, 0.29) is 19.0 Å². The molecular formula is C14H18N2O4. The molecule has 20 heavy (non-hydrogen) atoms. The zero-order valence-corrected chi connectivity index (χ0v) is 11.4. The summed E-state index contributed by atoms with van der Waals surface area (Å²) in [4.78, 5) is 24.2. The van der Waals surface area contributed by atoms with Crippen LogP contribution < -0.4 is 15.0 Å². The van der Waals surface area contributed by atoms with Crippen LogP contribution in [-0.4, -0.2) is 43.7 Å². The molecule has 108 valence electrons. The maximum Gasteiger partial charge on any atom is 0.322 e. The average molecular weight is 278 g/mol. The van der Waals surface area contributed by atoms with Gasteiger partial charge in [-0.05, 0) is 24.5 Å². The fraction of sp³-hybridized carbons (Fsp3) is 0.429. The van der Waals surface area contributed by atoms with Gasteiger partial charge in [0.2, 0.25) is 5.91 Å². The Morgan fingerprint density at radius 2 is 2.25 bits per heavy atom. The highest BCUT2D eigenvalue weighted by atomic mass is 16.5. The van der Waals surface area contributed by atoms with Crippen LogP contribution in [-0.2, 0) is 16.0 Å². The molecule has 0 fully saturated rings. The molecule has 1 aliphatic rings. The minimum absolute atomic E-state index is 0.140. The number of carboxylic acid groups (broad SMARTS) is 1. The topological polar surface area (TPSA) is 78.9 Å². The Morgan fingerprint density at radius 1 is 1.45 bits per heavy atom. The van der Waals surface area contributed by atoms with Crippen LogP contribution in [0.5, 0.6) is 5.75 Å². The lowest BCUT2D eigenvalue weighted by Crippen LogP contribution is -2.41. The highest BCUT2D eigenvalue weighted by Crippen LogP contribution is 2.35. The molecule has 0 aromatic heterocycles. The first-order valence-electron chi connectivity index (χ1n) is 6.51. The molecule has 0 saturated carbocycles. The SMILES string of the molecule is COc1cccc2c1N(CC(=O)NCC(=O)O)CCC2. The molecule has 0 bridgehead atoms. The van der Waals surface area contributed by atoms with Gasteiger partial charge in [-0.2, -0.15) is 0 Å². The van der Waals surface area contributed by atoms with E-state index in [0.29, 0.717) is 0 Å². The summed E-state index contributed by atoms with van der Waals surface area (Å²) in [7, 11) is 1.60. The summed E-state index contributed by atoms with van der Waals surface area (Å²) in [6.45, 7) is 0.542. The smallest absolute Gasteiger partial charge is 0.322 e. The molecular weight excluding hydrogens is 260 g/mol. The maximum atomic E-state index is 11.8. The fourth-order valence-corrected chi connectivity index (χ4v) is 2.43. The molecule has 0 saturated heterocycles. The van der Waals surface area contributed by atoms with Crippen molar-refractivity contribution in [2.24, 2.45) is 0 Å². The zero-order valence-electron chi connectivity index (χ0n) is 11.4. The lowest BCUT2D eigenvalue weighted by molar-refractivity contribution is -0.137. The maximum absolute atomic E-state index is 11.8. The average Bonchev–Trinajstić information content (AvgIpc) is 2.44. The van der Waals surface area contributed by atoms with Crippen molar-refractivity contribution >= 4 is 17.6 Å². The monoisotopic (exact) mass is 278 g/mol. The number of nitrogens with zero attached hydrogens (tertiary/aromatic N) is 1. The molecule has 0 unspecified atom stereocenters. The van der Waals surface area contributed by atoms with E-state index < -0.39 is 5.97 Å². The molecule has 1 aliphatic heterocycles.